The molecule has 192 valence electrons. The van der Waals surface area contributed by atoms with Gasteiger partial charge in [-0.2, -0.15) is 0 Å². The van der Waals surface area contributed by atoms with Gasteiger partial charge in [0.05, 0.1) is 24.5 Å². The molecule has 1 heterocycles. The van der Waals surface area contributed by atoms with Crippen LogP contribution in [0.3, 0.4) is 0 Å². The Labute approximate surface area is 213 Å². The number of urea groups is 1. The number of fused-ring (bicyclic) bond motifs is 1. The minimum atomic E-state index is -1.07. The summed E-state index contributed by atoms with van der Waals surface area (Å²) < 4.78 is 0. The molecule has 0 saturated heterocycles. The molecule has 0 fully saturated rings. The van der Waals surface area contributed by atoms with Crippen LogP contribution in [0.2, 0.25) is 0 Å². The summed E-state index contributed by atoms with van der Waals surface area (Å²) in [5.41, 5.74) is 1.13. The topological polar surface area (TPSA) is 98.8 Å². The molecule has 0 aromatic heterocycles. The monoisotopic (exact) mass is 492 g/mol. The maximum atomic E-state index is 13.8. The number of para-hydroxylation sites is 2. The Balaban J connectivity index is 2.02. The predicted molar refractivity (Wildman–Crippen MR) is 142 cm³/mol. The number of nitrogens with one attached hydrogen (secondary N) is 2. The van der Waals surface area contributed by atoms with Crippen LogP contribution in [0.25, 0.3) is 0 Å². The Hall–Kier alpha value is -3.68. The van der Waals surface area contributed by atoms with Crippen molar-refractivity contribution in [1.82, 2.24) is 5.32 Å². The summed E-state index contributed by atoms with van der Waals surface area (Å²) in [6.45, 7) is 12.5. The van der Waals surface area contributed by atoms with E-state index in [1.165, 1.54) is 9.80 Å². The van der Waals surface area contributed by atoms with Crippen LogP contribution >= 0.6 is 0 Å². The minimum absolute atomic E-state index is 0.0621. The Bertz CT molecular complexity index is 1180. The van der Waals surface area contributed by atoms with Crippen LogP contribution in [0, 0.1) is 17.8 Å². The highest BCUT2D eigenvalue weighted by molar-refractivity contribution is 6.11. The highest BCUT2D eigenvalue weighted by atomic mass is 16.2. The third-order valence-electron chi connectivity index (χ3n) is 6.00. The Morgan fingerprint density at radius 1 is 0.917 bits per heavy atom. The lowest BCUT2D eigenvalue weighted by molar-refractivity contribution is -0.128. The smallest absolute Gasteiger partial charge is 0.319 e. The molecule has 1 aliphatic rings. The second-order valence-electron chi connectivity index (χ2n) is 11.3. The zero-order chi connectivity index (χ0) is 26.8. The molecule has 0 bridgehead atoms. The predicted octanol–water partition coefficient (Wildman–Crippen LogP) is 4.53. The number of nitrogens with zero attached hydrogens (tertiary/aromatic N) is 2. The molecular weight excluding hydrogens is 456 g/mol. The summed E-state index contributed by atoms with van der Waals surface area (Å²) in [6.07, 6.45) is 0. The van der Waals surface area contributed by atoms with Gasteiger partial charge >= 0.3 is 6.03 Å². The lowest BCUT2D eigenvalue weighted by atomic mass is 9.90. The molecule has 0 aliphatic carbocycles. The van der Waals surface area contributed by atoms with Crippen LogP contribution in [-0.2, 0) is 14.4 Å². The first-order chi connectivity index (χ1) is 16.7. The number of aryl methyl sites for hydroxylation is 1. The molecule has 8 heteroatoms. The Morgan fingerprint density at radius 2 is 1.56 bits per heavy atom. The van der Waals surface area contributed by atoms with E-state index in [4.69, 9.17) is 0 Å². The molecule has 36 heavy (non-hydrogen) atoms. The van der Waals surface area contributed by atoms with E-state index in [0.29, 0.717) is 17.1 Å². The summed E-state index contributed by atoms with van der Waals surface area (Å²) in [5.74, 6) is -0.787. The highest BCUT2D eigenvalue weighted by Crippen LogP contribution is 2.36. The number of hydrogen-bond acceptors (Lipinski definition) is 4. The van der Waals surface area contributed by atoms with Gasteiger partial charge in [0.25, 0.3) is 5.91 Å². The van der Waals surface area contributed by atoms with Crippen molar-refractivity contribution >= 4 is 40.7 Å². The van der Waals surface area contributed by atoms with Gasteiger partial charge in [-0.3, -0.25) is 14.4 Å². The fraction of sp³-hybridized carbons (Fsp3) is 0.429. The number of carbonyl (C=O) groups is 4. The van der Waals surface area contributed by atoms with Crippen molar-refractivity contribution in [2.75, 3.05) is 28.2 Å². The number of Topliss-reactive ketones (excluding diaryl/α,β-unsaturated/α-hetero) is 1. The zero-order valence-corrected chi connectivity index (χ0v) is 22.1. The van der Waals surface area contributed by atoms with Crippen molar-refractivity contribution in [3.63, 3.8) is 0 Å². The van der Waals surface area contributed by atoms with E-state index in [2.05, 4.69) is 10.6 Å². The van der Waals surface area contributed by atoms with Crippen LogP contribution in [0.1, 0.15) is 47.1 Å². The van der Waals surface area contributed by atoms with Gasteiger partial charge in [-0.1, -0.05) is 65.8 Å². The average molecular weight is 493 g/mol. The molecule has 3 rings (SSSR count). The lowest BCUT2D eigenvalue weighted by Crippen LogP contribution is -2.55. The third kappa shape index (κ3) is 6.11. The summed E-state index contributed by atoms with van der Waals surface area (Å²) in [7, 11) is 0. The molecule has 1 unspecified atom stereocenters. The van der Waals surface area contributed by atoms with Gasteiger partial charge in [0.15, 0.2) is 5.78 Å². The van der Waals surface area contributed by atoms with Crippen molar-refractivity contribution in [2.45, 2.75) is 54.5 Å². The van der Waals surface area contributed by atoms with Crippen LogP contribution in [0.4, 0.5) is 21.9 Å². The normalized spacial score (nSPS) is 16.2. The molecule has 8 nitrogen and oxygen atoms in total. The van der Waals surface area contributed by atoms with Gasteiger partial charge in [-0.15, -0.1) is 0 Å². The third-order valence-corrected chi connectivity index (χ3v) is 6.00. The Kier molecular flexibility index (Phi) is 7.57. The molecule has 1 aliphatic heterocycles. The Morgan fingerprint density at radius 3 is 2.14 bits per heavy atom. The number of carbonyl (C=O) groups excluding carboxylic acids is 4. The minimum Gasteiger partial charge on any atom is -0.324 e. The van der Waals surface area contributed by atoms with Gasteiger partial charge in [-0.05, 0) is 36.8 Å². The van der Waals surface area contributed by atoms with Crippen LogP contribution in [0.15, 0.2) is 48.5 Å². The number of anilines is 3. The lowest BCUT2D eigenvalue weighted by Gasteiger charge is -2.31. The van der Waals surface area contributed by atoms with Crippen LogP contribution in [-0.4, -0.2) is 42.8 Å². The van der Waals surface area contributed by atoms with Crippen LogP contribution in [0.5, 0.6) is 0 Å². The number of amides is 4. The molecule has 0 radical (unpaired) electrons. The SMILES string of the molecule is Cc1cccc(NC(=O)NC2CN(C(=O)C(C)(C)C)c3ccccc3N(CC(=O)C(C)(C)C)C2=O)c1. The molecule has 2 aromatic rings. The summed E-state index contributed by atoms with van der Waals surface area (Å²) >= 11 is 0. The molecule has 2 N–H and O–H groups in total. The molecular formula is C28H36N4O4. The van der Waals surface area contributed by atoms with E-state index in [1.54, 1.807) is 71.9 Å². The fourth-order valence-corrected chi connectivity index (χ4v) is 3.88. The summed E-state index contributed by atoms with van der Waals surface area (Å²) in [5, 5.41) is 5.50. The van der Waals surface area contributed by atoms with Gasteiger partial charge in [0.1, 0.15) is 6.04 Å². The number of hydrogen-bond donors (Lipinski definition) is 2. The molecule has 0 spiro atoms. The quantitative estimate of drug-likeness (QED) is 0.655. The number of benzene rings is 2. The largest absolute Gasteiger partial charge is 0.324 e. The van der Waals surface area contributed by atoms with Crippen molar-refractivity contribution in [3.05, 3.63) is 54.1 Å². The number of rotatable bonds is 4. The van der Waals surface area contributed by atoms with E-state index in [9.17, 15) is 19.2 Å². The zero-order valence-electron chi connectivity index (χ0n) is 22.1. The van der Waals surface area contributed by atoms with Crippen LogP contribution < -0.4 is 20.4 Å². The second-order valence-corrected chi connectivity index (χ2v) is 11.3. The van der Waals surface area contributed by atoms with Gasteiger partial charge in [-0.25, -0.2) is 4.79 Å². The fourth-order valence-electron chi connectivity index (χ4n) is 3.88. The maximum absolute atomic E-state index is 13.8. The number of ketones is 1. The van der Waals surface area contributed by atoms with E-state index < -0.39 is 28.8 Å². The molecule has 0 saturated carbocycles. The highest BCUT2D eigenvalue weighted by Gasteiger charge is 2.40. The van der Waals surface area contributed by atoms with E-state index >= 15 is 0 Å². The standard InChI is InChI=1S/C28H36N4O4/c1-18-11-10-12-19(15-18)29-26(36)30-20-16-32(25(35)28(5,6)7)22-14-9-8-13-21(22)31(24(20)34)17-23(33)27(2,3)4/h8-15,20H,16-17H2,1-7H3,(H2,29,30,36). The van der Waals surface area contributed by atoms with E-state index in [-0.39, 0.29) is 24.8 Å². The second kappa shape index (κ2) is 10.1. The summed E-state index contributed by atoms with van der Waals surface area (Å²) in [4.78, 5) is 56.2. The first-order valence-corrected chi connectivity index (χ1v) is 12.1. The molecule has 1 atom stereocenters. The van der Waals surface area contributed by atoms with E-state index in [1.807, 2.05) is 25.1 Å². The average Bonchev–Trinajstić information content (AvgIpc) is 2.88. The molecule has 2 aromatic carbocycles. The molecule has 4 amide bonds. The maximum Gasteiger partial charge on any atom is 0.319 e. The van der Waals surface area contributed by atoms with Gasteiger partial charge in [0.2, 0.25) is 5.91 Å². The van der Waals surface area contributed by atoms with Crippen molar-refractivity contribution in [1.29, 1.82) is 0 Å². The first kappa shape index (κ1) is 26.9. The van der Waals surface area contributed by atoms with Crippen molar-refractivity contribution in [3.8, 4) is 0 Å². The van der Waals surface area contributed by atoms with Crippen molar-refractivity contribution in [2.24, 2.45) is 10.8 Å². The first-order valence-electron chi connectivity index (χ1n) is 12.1. The van der Waals surface area contributed by atoms with Gasteiger partial charge < -0.3 is 20.4 Å². The van der Waals surface area contributed by atoms with Crippen molar-refractivity contribution < 1.29 is 19.2 Å². The van der Waals surface area contributed by atoms with E-state index in [0.717, 1.165) is 5.56 Å². The summed E-state index contributed by atoms with van der Waals surface area (Å²) in [6, 6.07) is 12.7. The van der Waals surface area contributed by atoms with Gasteiger partial charge in [0, 0.05) is 16.5 Å².